The maximum Gasteiger partial charge on any atom is 0.234 e. The van der Waals surface area contributed by atoms with Crippen molar-refractivity contribution in [2.75, 3.05) is 20.1 Å². The van der Waals surface area contributed by atoms with E-state index >= 15 is 0 Å². The topological polar surface area (TPSA) is 53.7 Å². The fourth-order valence-electron chi connectivity index (χ4n) is 3.91. The van der Waals surface area contributed by atoms with Gasteiger partial charge in [0, 0.05) is 30.4 Å². The predicted octanol–water partition coefficient (Wildman–Crippen LogP) is 3.53. The molecule has 0 spiro atoms. The zero-order valence-electron chi connectivity index (χ0n) is 15.0. The van der Waals surface area contributed by atoms with Crippen molar-refractivity contribution in [3.8, 4) is 17.0 Å². The summed E-state index contributed by atoms with van der Waals surface area (Å²) in [7, 11) is 2.17. The molecule has 3 aromatic rings. The Hall–Kier alpha value is -2.40. The summed E-state index contributed by atoms with van der Waals surface area (Å²) in [6, 6.07) is 5.79. The molecule has 3 heterocycles. The summed E-state index contributed by atoms with van der Waals surface area (Å²) in [4.78, 5) is 11.9. The smallest absolute Gasteiger partial charge is 0.234 e. The summed E-state index contributed by atoms with van der Waals surface area (Å²) < 4.78 is 1.98. The van der Waals surface area contributed by atoms with E-state index in [4.69, 9.17) is 9.97 Å². The first-order valence-corrected chi connectivity index (χ1v) is 8.86. The van der Waals surface area contributed by atoms with Crippen LogP contribution in [0.25, 0.3) is 17.0 Å². The average Bonchev–Trinajstić information content (AvgIpc) is 2.97. The number of aromatic hydroxyl groups is 1. The van der Waals surface area contributed by atoms with Gasteiger partial charge in [0.05, 0.1) is 11.4 Å². The number of imidazole rings is 1. The van der Waals surface area contributed by atoms with E-state index in [9.17, 15) is 5.11 Å². The number of fused-ring (bicyclic) bond motifs is 1. The molecule has 0 unspecified atom stereocenters. The van der Waals surface area contributed by atoms with E-state index < -0.39 is 0 Å². The van der Waals surface area contributed by atoms with E-state index in [0.29, 0.717) is 11.7 Å². The molecule has 1 saturated heterocycles. The van der Waals surface area contributed by atoms with Crippen LogP contribution in [0.5, 0.6) is 5.75 Å². The number of piperidine rings is 1. The van der Waals surface area contributed by atoms with Crippen molar-refractivity contribution in [1.29, 1.82) is 0 Å². The van der Waals surface area contributed by atoms with Gasteiger partial charge in [0.1, 0.15) is 5.75 Å². The number of nitrogens with zero attached hydrogens (tertiary/aromatic N) is 4. The van der Waals surface area contributed by atoms with E-state index in [0.717, 1.165) is 41.2 Å². The molecule has 1 fully saturated rings. The van der Waals surface area contributed by atoms with Crippen molar-refractivity contribution >= 4 is 5.78 Å². The molecule has 0 amide bonds. The van der Waals surface area contributed by atoms with E-state index in [1.807, 2.05) is 30.5 Å². The highest BCUT2D eigenvalue weighted by Gasteiger charge is 2.22. The van der Waals surface area contributed by atoms with Crippen molar-refractivity contribution < 1.29 is 5.11 Å². The molecular weight excluding hydrogens is 312 g/mol. The molecule has 0 bridgehead atoms. The van der Waals surface area contributed by atoms with Gasteiger partial charge in [0.25, 0.3) is 0 Å². The third kappa shape index (κ3) is 3.00. The predicted molar refractivity (Wildman–Crippen MR) is 99.0 cm³/mol. The number of aryl methyl sites for hydroxylation is 2. The molecule has 4 rings (SSSR count). The van der Waals surface area contributed by atoms with Crippen molar-refractivity contribution in [1.82, 2.24) is 19.3 Å². The van der Waals surface area contributed by atoms with Crippen molar-refractivity contribution in [2.45, 2.75) is 32.6 Å². The largest absolute Gasteiger partial charge is 0.507 e. The van der Waals surface area contributed by atoms with E-state index in [1.54, 1.807) is 6.07 Å². The number of hydrogen-bond donors (Lipinski definition) is 1. The zero-order chi connectivity index (χ0) is 17.6. The molecule has 25 heavy (non-hydrogen) atoms. The zero-order valence-corrected chi connectivity index (χ0v) is 15.0. The summed E-state index contributed by atoms with van der Waals surface area (Å²) in [6.45, 7) is 6.20. The quantitative estimate of drug-likeness (QED) is 0.778. The standard InChI is InChI=1S/C20H24N4O/c1-13-9-14(2)19(18(25)10-13)16-6-8-24-12-17(22-20(24)21-16)15-5-4-7-23(3)11-15/h6,8-10,12,15,25H,4-5,7,11H2,1-3H3/t15-/m0/s1. The Labute approximate surface area is 148 Å². The van der Waals surface area contributed by atoms with Gasteiger partial charge in [-0.2, -0.15) is 0 Å². The van der Waals surface area contributed by atoms with E-state index in [-0.39, 0.29) is 5.75 Å². The van der Waals surface area contributed by atoms with Crippen molar-refractivity contribution in [3.63, 3.8) is 0 Å². The Bertz CT molecular complexity index is 908. The number of phenols is 1. The number of likely N-dealkylation sites (tertiary alicyclic amines) is 1. The summed E-state index contributed by atoms with van der Waals surface area (Å²) in [5.74, 6) is 1.44. The minimum absolute atomic E-state index is 0.273. The number of likely N-dealkylation sites (N-methyl/N-ethyl adjacent to an activating group) is 1. The van der Waals surface area contributed by atoms with Gasteiger partial charge in [-0.1, -0.05) is 6.07 Å². The summed E-state index contributed by atoms with van der Waals surface area (Å²) in [6.07, 6.45) is 6.47. The molecule has 130 valence electrons. The van der Waals surface area contributed by atoms with Crippen LogP contribution in [0.15, 0.2) is 30.6 Å². The molecule has 0 aliphatic carbocycles. The van der Waals surface area contributed by atoms with Gasteiger partial charge in [-0.25, -0.2) is 9.97 Å². The van der Waals surface area contributed by atoms with Crippen LogP contribution in [0.4, 0.5) is 0 Å². The molecule has 1 atom stereocenters. The molecule has 5 nitrogen and oxygen atoms in total. The van der Waals surface area contributed by atoms with Gasteiger partial charge in [0.15, 0.2) is 0 Å². The lowest BCUT2D eigenvalue weighted by Gasteiger charge is -2.28. The van der Waals surface area contributed by atoms with Crippen LogP contribution in [0.3, 0.4) is 0 Å². The van der Waals surface area contributed by atoms with Gasteiger partial charge in [-0.05, 0) is 63.5 Å². The molecule has 1 aliphatic rings. The summed E-state index contributed by atoms with van der Waals surface area (Å²) in [5, 5.41) is 10.4. The number of phenolic OH excluding ortho intramolecular Hbond substituents is 1. The van der Waals surface area contributed by atoms with Crippen LogP contribution in [-0.4, -0.2) is 44.5 Å². The molecule has 0 saturated carbocycles. The Balaban J connectivity index is 1.74. The van der Waals surface area contributed by atoms with Crippen LogP contribution in [-0.2, 0) is 0 Å². The highest BCUT2D eigenvalue weighted by Crippen LogP contribution is 2.33. The SMILES string of the molecule is Cc1cc(C)c(-c2ccn3cc([C@H]4CCCN(C)C4)nc3n2)c(O)c1. The Morgan fingerprint density at radius 2 is 2.04 bits per heavy atom. The third-order valence-electron chi connectivity index (χ3n) is 5.10. The minimum atomic E-state index is 0.273. The van der Waals surface area contributed by atoms with E-state index in [1.165, 1.54) is 12.8 Å². The lowest BCUT2D eigenvalue weighted by molar-refractivity contribution is 0.249. The van der Waals surface area contributed by atoms with Crippen LogP contribution in [0.2, 0.25) is 0 Å². The van der Waals surface area contributed by atoms with Gasteiger partial charge < -0.3 is 10.0 Å². The van der Waals surface area contributed by atoms with Crippen LogP contribution < -0.4 is 0 Å². The first-order valence-electron chi connectivity index (χ1n) is 8.86. The fourth-order valence-corrected chi connectivity index (χ4v) is 3.91. The Morgan fingerprint density at radius 3 is 2.80 bits per heavy atom. The maximum atomic E-state index is 10.4. The third-order valence-corrected chi connectivity index (χ3v) is 5.10. The molecule has 1 aliphatic heterocycles. The molecular formula is C20H24N4O. The molecule has 2 aromatic heterocycles. The van der Waals surface area contributed by atoms with Crippen LogP contribution >= 0.6 is 0 Å². The number of hydrogen-bond acceptors (Lipinski definition) is 4. The summed E-state index contributed by atoms with van der Waals surface area (Å²) >= 11 is 0. The second kappa shape index (κ2) is 6.15. The highest BCUT2D eigenvalue weighted by molar-refractivity contribution is 5.72. The highest BCUT2D eigenvalue weighted by atomic mass is 16.3. The van der Waals surface area contributed by atoms with Gasteiger partial charge in [-0.3, -0.25) is 4.40 Å². The summed E-state index contributed by atoms with van der Waals surface area (Å²) in [5.41, 5.74) is 4.73. The van der Waals surface area contributed by atoms with Crippen molar-refractivity contribution in [3.05, 3.63) is 47.4 Å². The van der Waals surface area contributed by atoms with Crippen molar-refractivity contribution in [2.24, 2.45) is 0 Å². The minimum Gasteiger partial charge on any atom is -0.507 e. The van der Waals surface area contributed by atoms with Crippen LogP contribution in [0.1, 0.15) is 35.6 Å². The number of benzene rings is 1. The number of aromatic nitrogens is 3. The first-order chi connectivity index (χ1) is 12.0. The second-order valence-electron chi connectivity index (χ2n) is 7.26. The Kier molecular flexibility index (Phi) is 3.96. The van der Waals surface area contributed by atoms with Gasteiger partial charge in [0.2, 0.25) is 5.78 Å². The molecule has 1 N–H and O–H groups in total. The lowest BCUT2D eigenvalue weighted by atomic mass is 9.96. The number of rotatable bonds is 2. The molecule has 0 radical (unpaired) electrons. The molecule has 5 heteroatoms. The normalized spacial score (nSPS) is 18.8. The monoisotopic (exact) mass is 336 g/mol. The van der Waals surface area contributed by atoms with Gasteiger partial charge in [-0.15, -0.1) is 0 Å². The maximum absolute atomic E-state index is 10.4. The Morgan fingerprint density at radius 1 is 1.20 bits per heavy atom. The second-order valence-corrected chi connectivity index (χ2v) is 7.26. The van der Waals surface area contributed by atoms with E-state index in [2.05, 4.69) is 24.2 Å². The van der Waals surface area contributed by atoms with Crippen LogP contribution in [0, 0.1) is 13.8 Å². The average molecular weight is 336 g/mol. The fraction of sp³-hybridized carbons (Fsp3) is 0.400. The molecule has 1 aromatic carbocycles. The lowest BCUT2D eigenvalue weighted by Crippen LogP contribution is -2.30. The van der Waals surface area contributed by atoms with Gasteiger partial charge >= 0.3 is 0 Å². The first kappa shape index (κ1) is 16.1.